The molecule has 0 atom stereocenters. The van der Waals surface area contributed by atoms with Gasteiger partial charge < -0.3 is 0 Å². The summed E-state index contributed by atoms with van der Waals surface area (Å²) >= 11 is 0. The Morgan fingerprint density at radius 1 is 1.41 bits per heavy atom. The van der Waals surface area contributed by atoms with Crippen molar-refractivity contribution in [3.8, 4) is 0 Å². The van der Waals surface area contributed by atoms with Crippen LogP contribution in [-0.2, 0) is 6.42 Å². The van der Waals surface area contributed by atoms with Crippen LogP contribution in [0.25, 0.3) is 0 Å². The molecule has 0 fully saturated rings. The van der Waals surface area contributed by atoms with Crippen LogP contribution in [0.4, 0.5) is 0 Å². The first-order chi connectivity index (χ1) is 8.16. The van der Waals surface area contributed by atoms with Crippen molar-refractivity contribution in [2.24, 2.45) is 0 Å². The van der Waals surface area contributed by atoms with E-state index in [0.717, 1.165) is 5.69 Å². The van der Waals surface area contributed by atoms with Crippen LogP contribution in [0.1, 0.15) is 36.1 Å². The maximum absolute atomic E-state index is 11.8. The van der Waals surface area contributed by atoms with E-state index in [4.69, 9.17) is 0 Å². The third-order valence-corrected chi connectivity index (χ3v) is 2.38. The molecule has 0 aliphatic rings. The lowest BCUT2D eigenvalue weighted by Crippen LogP contribution is -2.08. The van der Waals surface area contributed by atoms with Crippen LogP contribution in [0.15, 0.2) is 30.9 Å². The summed E-state index contributed by atoms with van der Waals surface area (Å²) in [5.41, 5.74) is 1.14. The minimum absolute atomic E-state index is 0.0629. The quantitative estimate of drug-likeness (QED) is 0.750. The summed E-state index contributed by atoms with van der Waals surface area (Å²) in [5, 5.41) is 4.32. The number of hydrogen-bond donors (Lipinski definition) is 0. The number of hydrogen-bond acceptors (Lipinski definition) is 4. The predicted octanol–water partition coefficient (Wildman–Crippen LogP) is 1.68. The van der Waals surface area contributed by atoms with Crippen molar-refractivity contribution in [3.05, 3.63) is 42.2 Å². The second-order valence-electron chi connectivity index (χ2n) is 4.07. The van der Waals surface area contributed by atoms with Gasteiger partial charge in [0.2, 0.25) is 0 Å². The van der Waals surface area contributed by atoms with E-state index in [1.165, 1.54) is 12.4 Å². The highest BCUT2D eigenvalue weighted by Gasteiger charge is 2.11. The van der Waals surface area contributed by atoms with Crippen LogP contribution in [0, 0.1) is 0 Å². The lowest BCUT2D eigenvalue weighted by atomic mass is 10.2. The SMILES string of the molecule is CC(C)n1ccc(CC(=O)c2cnccn2)n1. The Hall–Kier alpha value is -2.04. The minimum Gasteiger partial charge on any atom is -0.292 e. The molecule has 5 heteroatoms. The number of aromatic nitrogens is 4. The van der Waals surface area contributed by atoms with Gasteiger partial charge in [0.05, 0.1) is 18.3 Å². The van der Waals surface area contributed by atoms with Gasteiger partial charge in [-0.05, 0) is 19.9 Å². The molecule has 0 radical (unpaired) electrons. The third kappa shape index (κ3) is 2.75. The van der Waals surface area contributed by atoms with Gasteiger partial charge >= 0.3 is 0 Å². The Balaban J connectivity index is 2.08. The molecule has 2 rings (SSSR count). The first-order valence-electron chi connectivity index (χ1n) is 5.50. The van der Waals surface area contributed by atoms with E-state index in [-0.39, 0.29) is 12.2 Å². The summed E-state index contributed by atoms with van der Waals surface area (Å²) in [6, 6.07) is 2.16. The summed E-state index contributed by atoms with van der Waals surface area (Å²) in [4.78, 5) is 19.7. The summed E-state index contributed by atoms with van der Waals surface area (Å²) < 4.78 is 1.83. The second-order valence-corrected chi connectivity index (χ2v) is 4.07. The topological polar surface area (TPSA) is 60.7 Å². The number of Topliss-reactive ketones (excluding diaryl/α,β-unsaturated/α-hetero) is 1. The molecule has 0 amide bonds. The fourth-order valence-corrected chi connectivity index (χ4v) is 1.46. The molecule has 0 saturated heterocycles. The third-order valence-electron chi connectivity index (χ3n) is 2.38. The average molecular weight is 230 g/mol. The highest BCUT2D eigenvalue weighted by atomic mass is 16.1. The van der Waals surface area contributed by atoms with Crippen molar-refractivity contribution in [2.75, 3.05) is 0 Å². The molecule has 0 aliphatic heterocycles. The van der Waals surface area contributed by atoms with Gasteiger partial charge in [-0.1, -0.05) is 0 Å². The minimum atomic E-state index is -0.0629. The molecule has 2 heterocycles. The number of rotatable bonds is 4. The van der Waals surface area contributed by atoms with E-state index in [1.54, 1.807) is 6.20 Å². The van der Waals surface area contributed by atoms with Gasteiger partial charge in [-0.15, -0.1) is 0 Å². The molecule has 0 N–H and O–H groups in total. The largest absolute Gasteiger partial charge is 0.292 e. The number of carbonyl (C=O) groups excluding carboxylic acids is 1. The van der Waals surface area contributed by atoms with Gasteiger partial charge in [-0.2, -0.15) is 5.10 Å². The summed E-state index contributed by atoms with van der Waals surface area (Å²) in [6.45, 7) is 4.09. The molecule has 2 aromatic heterocycles. The van der Waals surface area contributed by atoms with Crippen molar-refractivity contribution < 1.29 is 4.79 Å². The smallest absolute Gasteiger partial charge is 0.188 e. The number of carbonyl (C=O) groups is 1. The van der Waals surface area contributed by atoms with Crippen LogP contribution < -0.4 is 0 Å². The normalized spacial score (nSPS) is 10.8. The van der Waals surface area contributed by atoms with Gasteiger partial charge in [0.1, 0.15) is 5.69 Å². The zero-order chi connectivity index (χ0) is 12.3. The molecule has 0 aromatic carbocycles. The lowest BCUT2D eigenvalue weighted by Gasteiger charge is -2.03. The van der Waals surface area contributed by atoms with Crippen LogP contribution in [-0.4, -0.2) is 25.5 Å². The Kier molecular flexibility index (Phi) is 3.27. The molecule has 0 spiro atoms. The maximum atomic E-state index is 11.8. The van der Waals surface area contributed by atoms with Gasteiger partial charge in [-0.3, -0.25) is 14.5 Å². The first-order valence-corrected chi connectivity index (χ1v) is 5.50. The van der Waals surface area contributed by atoms with E-state index < -0.39 is 0 Å². The van der Waals surface area contributed by atoms with Crippen molar-refractivity contribution in [1.82, 2.24) is 19.7 Å². The van der Waals surface area contributed by atoms with Crippen molar-refractivity contribution >= 4 is 5.78 Å². The molecule has 17 heavy (non-hydrogen) atoms. The Labute approximate surface area is 99.5 Å². The zero-order valence-corrected chi connectivity index (χ0v) is 9.87. The molecule has 0 saturated carbocycles. The van der Waals surface area contributed by atoms with E-state index in [0.29, 0.717) is 11.7 Å². The highest BCUT2D eigenvalue weighted by molar-refractivity contribution is 5.95. The molecule has 0 aliphatic carbocycles. The zero-order valence-electron chi connectivity index (χ0n) is 9.87. The second kappa shape index (κ2) is 4.86. The van der Waals surface area contributed by atoms with Gasteiger partial charge in [-0.25, -0.2) is 4.98 Å². The van der Waals surface area contributed by atoms with Crippen molar-refractivity contribution in [1.29, 1.82) is 0 Å². The predicted molar refractivity (Wildman–Crippen MR) is 62.7 cm³/mol. The number of ketones is 1. The van der Waals surface area contributed by atoms with Crippen molar-refractivity contribution in [2.45, 2.75) is 26.3 Å². The van der Waals surface area contributed by atoms with Gasteiger partial charge in [0.15, 0.2) is 5.78 Å². The van der Waals surface area contributed by atoms with Crippen molar-refractivity contribution in [3.63, 3.8) is 0 Å². The van der Waals surface area contributed by atoms with Gasteiger partial charge in [0, 0.05) is 24.6 Å². The van der Waals surface area contributed by atoms with Crippen LogP contribution in [0.5, 0.6) is 0 Å². The number of nitrogens with zero attached hydrogens (tertiary/aromatic N) is 4. The van der Waals surface area contributed by atoms with E-state index in [1.807, 2.05) is 30.8 Å². The molecule has 5 nitrogen and oxygen atoms in total. The molecular formula is C12H14N4O. The standard InChI is InChI=1S/C12H14N4O/c1-9(2)16-6-3-10(15-16)7-12(17)11-8-13-4-5-14-11/h3-6,8-9H,7H2,1-2H3. The average Bonchev–Trinajstić information content (AvgIpc) is 2.79. The fourth-order valence-electron chi connectivity index (χ4n) is 1.46. The summed E-state index contributed by atoms with van der Waals surface area (Å²) in [5.74, 6) is -0.0629. The first kappa shape index (κ1) is 11.4. The van der Waals surface area contributed by atoms with Crippen LogP contribution in [0.2, 0.25) is 0 Å². The Morgan fingerprint density at radius 2 is 2.24 bits per heavy atom. The summed E-state index contributed by atoms with van der Waals surface area (Å²) in [6.07, 6.45) is 6.67. The summed E-state index contributed by atoms with van der Waals surface area (Å²) in [7, 11) is 0. The molecule has 0 bridgehead atoms. The van der Waals surface area contributed by atoms with Crippen LogP contribution in [0.3, 0.4) is 0 Å². The van der Waals surface area contributed by atoms with E-state index in [9.17, 15) is 4.79 Å². The van der Waals surface area contributed by atoms with E-state index in [2.05, 4.69) is 15.1 Å². The van der Waals surface area contributed by atoms with E-state index >= 15 is 0 Å². The monoisotopic (exact) mass is 230 g/mol. The molecule has 88 valence electrons. The molecule has 0 unspecified atom stereocenters. The molecule has 2 aromatic rings. The van der Waals surface area contributed by atoms with Gasteiger partial charge in [0.25, 0.3) is 0 Å². The Morgan fingerprint density at radius 3 is 2.82 bits per heavy atom. The van der Waals surface area contributed by atoms with Crippen LogP contribution >= 0.6 is 0 Å². The molecular weight excluding hydrogens is 216 g/mol. The highest BCUT2D eigenvalue weighted by Crippen LogP contribution is 2.06. The maximum Gasteiger partial charge on any atom is 0.188 e. The fraction of sp³-hybridized carbons (Fsp3) is 0.333. The lowest BCUT2D eigenvalue weighted by molar-refractivity contribution is 0.0986. The Bertz CT molecular complexity index is 504.